The first-order chi connectivity index (χ1) is 9.51. The highest BCUT2D eigenvalue weighted by atomic mass is 16.5. The van der Waals surface area contributed by atoms with E-state index in [1.54, 1.807) is 0 Å². The van der Waals surface area contributed by atoms with Crippen molar-refractivity contribution in [2.24, 2.45) is 11.8 Å². The maximum Gasteiger partial charge on any atom is 0.421 e. The van der Waals surface area contributed by atoms with E-state index < -0.39 is 6.09 Å². The van der Waals surface area contributed by atoms with Gasteiger partial charge in [-0.3, -0.25) is 4.79 Å². The van der Waals surface area contributed by atoms with Crippen molar-refractivity contribution in [2.75, 3.05) is 6.54 Å². The summed E-state index contributed by atoms with van der Waals surface area (Å²) in [7, 11) is 0. The molecule has 5 heteroatoms. The molecule has 0 radical (unpaired) electrons. The zero-order valence-electron chi connectivity index (χ0n) is 12.1. The Morgan fingerprint density at radius 3 is 2.55 bits per heavy atom. The molecule has 5 nitrogen and oxygen atoms in total. The van der Waals surface area contributed by atoms with Crippen molar-refractivity contribution in [3.05, 3.63) is 0 Å². The molecule has 0 aliphatic heterocycles. The largest absolute Gasteiger partial charge is 0.421 e. The maximum absolute atomic E-state index is 12.4. The van der Waals surface area contributed by atoms with E-state index in [1.165, 1.54) is 12.8 Å². The smallest absolute Gasteiger partial charge is 0.356 e. The van der Waals surface area contributed by atoms with Crippen molar-refractivity contribution in [1.82, 2.24) is 10.2 Å². The first kappa shape index (κ1) is 14.7. The Kier molecular flexibility index (Phi) is 4.53. The molecule has 0 saturated heterocycles. The van der Waals surface area contributed by atoms with Gasteiger partial charge < -0.3 is 15.0 Å². The van der Waals surface area contributed by atoms with Crippen LogP contribution >= 0.6 is 0 Å². The van der Waals surface area contributed by atoms with E-state index in [9.17, 15) is 9.59 Å². The summed E-state index contributed by atoms with van der Waals surface area (Å²) in [6.45, 7) is 4.99. The van der Waals surface area contributed by atoms with E-state index in [4.69, 9.17) is 6.42 Å². The summed E-state index contributed by atoms with van der Waals surface area (Å²) in [4.78, 5) is 25.6. The predicted octanol–water partition coefficient (Wildman–Crippen LogP) is 1.73. The fourth-order valence-corrected chi connectivity index (χ4v) is 2.56. The second-order valence-corrected chi connectivity index (χ2v) is 6.04. The molecule has 2 saturated carbocycles. The normalized spacial score (nSPS) is 24.5. The van der Waals surface area contributed by atoms with Gasteiger partial charge in [0.25, 0.3) is 0 Å². The third kappa shape index (κ3) is 3.66. The minimum Gasteiger partial charge on any atom is -0.356 e. The quantitative estimate of drug-likeness (QED) is 0.779. The Hall–Kier alpha value is -1.70. The first-order valence-corrected chi connectivity index (χ1v) is 7.24. The van der Waals surface area contributed by atoms with Crippen LogP contribution in [0.3, 0.4) is 0 Å². The standard InChI is InChI=1S/C15H22N2O3/c1-4-20-15(19)16-13-7-12(8-13)14(18)17(10(2)3)9-11-5-6-11/h1,10-13H,5-9H2,2-3H3,(H,16,19)/t12-,13+. The molecular weight excluding hydrogens is 256 g/mol. The van der Waals surface area contributed by atoms with Crippen molar-refractivity contribution in [3.63, 3.8) is 0 Å². The SMILES string of the molecule is C#COC(=O)N[C@H]1C[C@@H](C(=O)N(CC2CC2)C(C)C)C1. The van der Waals surface area contributed by atoms with E-state index in [2.05, 4.69) is 23.9 Å². The summed E-state index contributed by atoms with van der Waals surface area (Å²) in [6.07, 6.45) is 9.92. The molecule has 0 atom stereocenters. The topological polar surface area (TPSA) is 58.6 Å². The number of carbonyl (C=O) groups is 2. The van der Waals surface area contributed by atoms with Gasteiger partial charge in [-0.25, -0.2) is 4.79 Å². The molecule has 2 aliphatic rings. The number of ether oxygens (including phenoxy) is 1. The number of alkyl carbamates (subject to hydrolysis) is 1. The van der Waals surface area contributed by atoms with Gasteiger partial charge in [0, 0.05) is 24.5 Å². The highest BCUT2D eigenvalue weighted by molar-refractivity contribution is 5.80. The van der Waals surface area contributed by atoms with Gasteiger partial charge in [-0.1, -0.05) is 6.42 Å². The lowest BCUT2D eigenvalue weighted by atomic mass is 9.79. The van der Waals surface area contributed by atoms with Crippen LogP contribution in [-0.2, 0) is 9.53 Å². The molecule has 2 rings (SSSR count). The van der Waals surface area contributed by atoms with Gasteiger partial charge in [-0.2, -0.15) is 0 Å². The third-order valence-electron chi connectivity index (χ3n) is 4.02. The highest BCUT2D eigenvalue weighted by Gasteiger charge is 2.39. The summed E-state index contributed by atoms with van der Waals surface area (Å²) in [6, 6.07) is 0.237. The molecule has 0 unspecified atom stereocenters. The van der Waals surface area contributed by atoms with E-state index in [1.807, 2.05) is 11.0 Å². The zero-order chi connectivity index (χ0) is 14.7. The lowest BCUT2D eigenvalue weighted by molar-refractivity contribution is -0.141. The van der Waals surface area contributed by atoms with Crippen molar-refractivity contribution in [1.29, 1.82) is 0 Å². The maximum atomic E-state index is 12.4. The first-order valence-electron chi connectivity index (χ1n) is 7.24. The van der Waals surface area contributed by atoms with Gasteiger partial charge in [0.2, 0.25) is 5.91 Å². The Balaban J connectivity index is 1.77. The van der Waals surface area contributed by atoms with Crippen LogP contribution in [0.15, 0.2) is 0 Å². The molecule has 20 heavy (non-hydrogen) atoms. The summed E-state index contributed by atoms with van der Waals surface area (Å²) in [5, 5.41) is 2.65. The fourth-order valence-electron chi connectivity index (χ4n) is 2.56. The number of nitrogens with zero attached hydrogens (tertiary/aromatic N) is 1. The third-order valence-corrected chi connectivity index (χ3v) is 4.02. The number of rotatable bonds is 5. The molecule has 0 aromatic heterocycles. The number of terminal acetylenes is 1. The average Bonchev–Trinajstić information content (AvgIpc) is 3.13. The Morgan fingerprint density at radius 2 is 2.05 bits per heavy atom. The van der Waals surface area contributed by atoms with Gasteiger partial charge in [0.15, 0.2) is 0 Å². The number of hydrogen-bond donors (Lipinski definition) is 1. The highest BCUT2D eigenvalue weighted by Crippen LogP contribution is 2.34. The average molecular weight is 278 g/mol. The second kappa shape index (κ2) is 6.17. The number of amides is 2. The molecule has 2 aliphatic carbocycles. The van der Waals surface area contributed by atoms with Crippen molar-refractivity contribution < 1.29 is 14.3 Å². The summed E-state index contributed by atoms with van der Waals surface area (Å²) in [5.74, 6) is 0.934. The number of nitrogens with one attached hydrogen (secondary N) is 1. The summed E-state index contributed by atoms with van der Waals surface area (Å²) >= 11 is 0. The van der Waals surface area contributed by atoms with Crippen LogP contribution in [0.1, 0.15) is 39.5 Å². The van der Waals surface area contributed by atoms with Gasteiger partial charge in [-0.15, -0.1) is 0 Å². The number of carbonyl (C=O) groups excluding carboxylic acids is 2. The van der Waals surface area contributed by atoms with E-state index in [-0.39, 0.29) is 23.9 Å². The van der Waals surface area contributed by atoms with Gasteiger partial charge in [0.05, 0.1) is 0 Å². The molecule has 110 valence electrons. The minimum atomic E-state index is -0.609. The molecular formula is C15H22N2O3. The van der Waals surface area contributed by atoms with Crippen LogP contribution in [0.25, 0.3) is 0 Å². The summed E-state index contributed by atoms with van der Waals surface area (Å²) < 4.78 is 4.37. The molecule has 2 fully saturated rings. The van der Waals surface area contributed by atoms with Crippen LogP contribution < -0.4 is 5.32 Å². The van der Waals surface area contributed by atoms with Gasteiger partial charge >= 0.3 is 6.09 Å². The monoisotopic (exact) mass is 278 g/mol. The van der Waals surface area contributed by atoms with Crippen LogP contribution in [0.5, 0.6) is 0 Å². The van der Waals surface area contributed by atoms with Crippen LogP contribution in [0, 0.1) is 24.4 Å². The second-order valence-electron chi connectivity index (χ2n) is 6.04. The molecule has 2 amide bonds. The molecule has 1 N–H and O–H groups in total. The Labute approximate surface area is 120 Å². The Bertz CT molecular complexity index is 417. The molecule has 0 heterocycles. The van der Waals surface area contributed by atoms with E-state index >= 15 is 0 Å². The van der Waals surface area contributed by atoms with Gasteiger partial charge in [-0.05, 0) is 45.4 Å². The predicted molar refractivity (Wildman–Crippen MR) is 74.5 cm³/mol. The number of hydrogen-bond acceptors (Lipinski definition) is 3. The van der Waals surface area contributed by atoms with E-state index in [0.717, 1.165) is 6.54 Å². The van der Waals surface area contributed by atoms with Crippen molar-refractivity contribution in [2.45, 2.75) is 51.6 Å². The van der Waals surface area contributed by atoms with Crippen molar-refractivity contribution >= 4 is 12.0 Å². The Morgan fingerprint density at radius 1 is 1.40 bits per heavy atom. The van der Waals surface area contributed by atoms with Crippen LogP contribution in [-0.4, -0.2) is 35.5 Å². The zero-order valence-corrected chi connectivity index (χ0v) is 12.1. The molecule has 0 spiro atoms. The lowest BCUT2D eigenvalue weighted by Crippen LogP contribution is -2.52. The minimum absolute atomic E-state index is 0.000243. The molecule has 0 bridgehead atoms. The van der Waals surface area contributed by atoms with Crippen LogP contribution in [0.2, 0.25) is 0 Å². The lowest BCUT2D eigenvalue weighted by Gasteiger charge is -2.39. The van der Waals surface area contributed by atoms with E-state index in [0.29, 0.717) is 18.8 Å². The fraction of sp³-hybridized carbons (Fsp3) is 0.733. The van der Waals surface area contributed by atoms with Gasteiger partial charge in [0.1, 0.15) is 6.11 Å². The molecule has 0 aromatic carbocycles. The summed E-state index contributed by atoms with van der Waals surface area (Å²) in [5.41, 5.74) is 0. The van der Waals surface area contributed by atoms with Crippen LogP contribution in [0.4, 0.5) is 4.79 Å². The van der Waals surface area contributed by atoms with Crippen molar-refractivity contribution in [3.8, 4) is 12.5 Å². The molecule has 0 aromatic rings.